The molecule has 1 aromatic carbocycles. The van der Waals surface area contributed by atoms with E-state index in [1.807, 2.05) is 6.92 Å². The molecule has 0 aliphatic heterocycles. The van der Waals surface area contributed by atoms with E-state index < -0.39 is 18.6 Å². The fourth-order valence-electron chi connectivity index (χ4n) is 2.48. The van der Waals surface area contributed by atoms with Crippen molar-refractivity contribution in [2.24, 2.45) is 0 Å². The molecule has 2 N–H and O–H groups in total. The van der Waals surface area contributed by atoms with E-state index in [4.69, 9.17) is 5.73 Å². The Kier molecular flexibility index (Phi) is 3.92. The molecule has 0 saturated heterocycles. The predicted molar refractivity (Wildman–Crippen MR) is 73.5 cm³/mol. The molecule has 2 aromatic rings. The highest BCUT2D eigenvalue weighted by atomic mass is 19.4. The Morgan fingerprint density at radius 3 is 2.65 bits per heavy atom. The monoisotopic (exact) mass is 285 g/mol. The molecule has 0 fully saturated rings. The second-order valence-corrected chi connectivity index (χ2v) is 5.06. The average molecular weight is 285 g/mol. The first-order valence-corrected chi connectivity index (χ1v) is 6.65. The molecule has 2 rings (SSSR count). The Balaban J connectivity index is 2.50. The number of anilines is 1. The molecular weight excluding hydrogens is 267 g/mol. The maximum atomic E-state index is 12.6. The van der Waals surface area contributed by atoms with Gasteiger partial charge in [-0.15, -0.1) is 0 Å². The zero-order chi connectivity index (χ0) is 14.9. The topological polar surface area (TPSA) is 43.8 Å². The third kappa shape index (κ3) is 3.05. The first-order chi connectivity index (χ1) is 9.31. The van der Waals surface area contributed by atoms with Crippen molar-refractivity contribution in [1.82, 2.24) is 9.55 Å². The van der Waals surface area contributed by atoms with Crippen LogP contribution in [-0.4, -0.2) is 15.7 Å². The number of nitrogen functional groups attached to an aromatic ring is 1. The molecule has 110 valence electrons. The summed E-state index contributed by atoms with van der Waals surface area (Å²) < 4.78 is 39.6. The zero-order valence-electron chi connectivity index (χ0n) is 11.5. The van der Waals surface area contributed by atoms with Crippen molar-refractivity contribution in [2.45, 2.75) is 45.3 Å². The van der Waals surface area contributed by atoms with Gasteiger partial charge in [-0.05, 0) is 31.5 Å². The van der Waals surface area contributed by atoms with Gasteiger partial charge in [0.1, 0.15) is 5.82 Å². The number of benzene rings is 1. The number of aryl methyl sites for hydroxylation is 1. The van der Waals surface area contributed by atoms with Crippen molar-refractivity contribution in [2.75, 3.05) is 5.73 Å². The molecule has 0 saturated carbocycles. The standard InChI is InChI=1S/C14H18F3N3/c1-3-4-13-19-11-7-10(18)5-6-12(11)20(13)9(2)8-14(15,16)17/h5-7,9H,3-4,8,18H2,1-2H3. The van der Waals surface area contributed by atoms with Crippen molar-refractivity contribution in [3.8, 4) is 0 Å². The van der Waals surface area contributed by atoms with Gasteiger partial charge in [-0.2, -0.15) is 13.2 Å². The van der Waals surface area contributed by atoms with Crippen LogP contribution >= 0.6 is 0 Å². The number of nitrogens with zero attached hydrogens (tertiary/aromatic N) is 2. The van der Waals surface area contributed by atoms with E-state index >= 15 is 0 Å². The van der Waals surface area contributed by atoms with Crippen LogP contribution < -0.4 is 5.73 Å². The van der Waals surface area contributed by atoms with Gasteiger partial charge < -0.3 is 10.3 Å². The lowest BCUT2D eigenvalue weighted by molar-refractivity contribution is -0.141. The summed E-state index contributed by atoms with van der Waals surface area (Å²) in [6.45, 7) is 3.55. The number of halogens is 3. The maximum absolute atomic E-state index is 12.6. The minimum Gasteiger partial charge on any atom is -0.399 e. The molecule has 0 aliphatic rings. The number of aromatic nitrogens is 2. The van der Waals surface area contributed by atoms with Crippen LogP contribution in [0.4, 0.5) is 18.9 Å². The maximum Gasteiger partial charge on any atom is 0.391 e. The van der Waals surface area contributed by atoms with Gasteiger partial charge in [-0.3, -0.25) is 0 Å². The molecular formula is C14H18F3N3. The second kappa shape index (κ2) is 5.34. The molecule has 1 aromatic heterocycles. The summed E-state index contributed by atoms with van der Waals surface area (Å²) in [5, 5.41) is 0. The number of nitrogens with two attached hydrogens (primary N) is 1. The van der Waals surface area contributed by atoms with E-state index in [2.05, 4.69) is 4.98 Å². The molecule has 1 unspecified atom stereocenters. The summed E-state index contributed by atoms with van der Waals surface area (Å²) in [6.07, 6.45) is -3.57. The average Bonchev–Trinajstić information content (AvgIpc) is 2.64. The second-order valence-electron chi connectivity index (χ2n) is 5.06. The quantitative estimate of drug-likeness (QED) is 0.860. The van der Waals surface area contributed by atoms with E-state index in [0.29, 0.717) is 29.0 Å². The van der Waals surface area contributed by atoms with Crippen LogP contribution in [-0.2, 0) is 6.42 Å². The third-order valence-corrected chi connectivity index (χ3v) is 3.23. The molecule has 0 bridgehead atoms. The van der Waals surface area contributed by atoms with Gasteiger partial charge in [-0.1, -0.05) is 6.92 Å². The normalized spacial score (nSPS) is 13.8. The zero-order valence-corrected chi connectivity index (χ0v) is 11.5. The number of rotatable bonds is 4. The Labute approximate surface area is 115 Å². The molecule has 1 heterocycles. The van der Waals surface area contributed by atoms with E-state index in [1.54, 1.807) is 29.7 Å². The number of fused-ring (bicyclic) bond motifs is 1. The van der Waals surface area contributed by atoms with Gasteiger partial charge in [0.05, 0.1) is 17.5 Å². The smallest absolute Gasteiger partial charge is 0.391 e. The summed E-state index contributed by atoms with van der Waals surface area (Å²) in [7, 11) is 0. The van der Waals surface area contributed by atoms with Crippen LogP contribution in [0.3, 0.4) is 0 Å². The number of imidazole rings is 1. The largest absolute Gasteiger partial charge is 0.399 e. The summed E-state index contributed by atoms with van der Waals surface area (Å²) in [6, 6.07) is 4.45. The van der Waals surface area contributed by atoms with Crippen LogP contribution in [0.1, 0.15) is 38.6 Å². The van der Waals surface area contributed by atoms with Crippen LogP contribution in [0.25, 0.3) is 11.0 Å². The lowest BCUT2D eigenvalue weighted by Crippen LogP contribution is -2.18. The van der Waals surface area contributed by atoms with E-state index in [9.17, 15) is 13.2 Å². The van der Waals surface area contributed by atoms with Crippen molar-refractivity contribution in [1.29, 1.82) is 0 Å². The number of hydrogen-bond acceptors (Lipinski definition) is 2. The highest BCUT2D eigenvalue weighted by Gasteiger charge is 2.32. The van der Waals surface area contributed by atoms with Crippen molar-refractivity contribution < 1.29 is 13.2 Å². The molecule has 3 nitrogen and oxygen atoms in total. The van der Waals surface area contributed by atoms with Gasteiger partial charge in [-0.25, -0.2) is 4.98 Å². The van der Waals surface area contributed by atoms with Gasteiger partial charge in [0.2, 0.25) is 0 Å². The predicted octanol–water partition coefficient (Wildman–Crippen LogP) is 4.08. The van der Waals surface area contributed by atoms with Gasteiger partial charge in [0.25, 0.3) is 0 Å². The fraction of sp³-hybridized carbons (Fsp3) is 0.500. The molecule has 1 atom stereocenters. The first kappa shape index (κ1) is 14.7. The Morgan fingerprint density at radius 2 is 2.05 bits per heavy atom. The molecule has 20 heavy (non-hydrogen) atoms. The van der Waals surface area contributed by atoms with Gasteiger partial charge in [0.15, 0.2) is 0 Å². The van der Waals surface area contributed by atoms with Crippen LogP contribution in [0.2, 0.25) is 0 Å². The number of hydrogen-bond donors (Lipinski definition) is 1. The van der Waals surface area contributed by atoms with Crippen molar-refractivity contribution in [3.63, 3.8) is 0 Å². The van der Waals surface area contributed by atoms with Gasteiger partial charge >= 0.3 is 6.18 Å². The molecule has 0 spiro atoms. The SMILES string of the molecule is CCCc1nc2cc(N)ccc2n1C(C)CC(F)(F)F. The third-order valence-electron chi connectivity index (χ3n) is 3.23. The number of alkyl halides is 3. The van der Waals surface area contributed by atoms with Crippen LogP contribution in [0.15, 0.2) is 18.2 Å². The summed E-state index contributed by atoms with van der Waals surface area (Å²) >= 11 is 0. The first-order valence-electron chi connectivity index (χ1n) is 6.65. The minimum atomic E-state index is -4.19. The Morgan fingerprint density at radius 1 is 1.35 bits per heavy atom. The highest BCUT2D eigenvalue weighted by molar-refractivity contribution is 5.79. The molecule has 6 heteroatoms. The van der Waals surface area contributed by atoms with E-state index in [-0.39, 0.29) is 0 Å². The highest BCUT2D eigenvalue weighted by Crippen LogP contribution is 2.31. The lowest BCUT2D eigenvalue weighted by Gasteiger charge is -2.19. The summed E-state index contributed by atoms with van der Waals surface area (Å²) in [4.78, 5) is 4.43. The van der Waals surface area contributed by atoms with Crippen LogP contribution in [0.5, 0.6) is 0 Å². The van der Waals surface area contributed by atoms with Crippen molar-refractivity contribution >= 4 is 16.7 Å². The summed E-state index contributed by atoms with van der Waals surface area (Å²) in [5.41, 5.74) is 7.63. The van der Waals surface area contributed by atoms with Crippen molar-refractivity contribution in [3.05, 3.63) is 24.0 Å². The Hall–Kier alpha value is -1.72. The summed E-state index contributed by atoms with van der Waals surface area (Å²) in [5.74, 6) is 0.685. The fourth-order valence-corrected chi connectivity index (χ4v) is 2.48. The minimum absolute atomic E-state index is 0.564. The van der Waals surface area contributed by atoms with E-state index in [1.165, 1.54) is 0 Å². The van der Waals surface area contributed by atoms with E-state index in [0.717, 1.165) is 6.42 Å². The van der Waals surface area contributed by atoms with Gasteiger partial charge in [0, 0.05) is 18.2 Å². The lowest BCUT2D eigenvalue weighted by atomic mass is 10.2. The molecule has 0 amide bonds. The molecule has 0 aliphatic carbocycles. The Bertz CT molecular complexity index is 601. The van der Waals surface area contributed by atoms with Crippen LogP contribution in [0, 0.1) is 0 Å². The molecule has 0 radical (unpaired) electrons.